The first-order valence-corrected chi connectivity index (χ1v) is 6.79. The Morgan fingerprint density at radius 3 is 2.53 bits per heavy atom. The van der Waals surface area contributed by atoms with Gasteiger partial charge in [0, 0.05) is 5.02 Å². The fourth-order valence-electron chi connectivity index (χ4n) is 1.72. The van der Waals surface area contributed by atoms with Crippen LogP contribution in [-0.4, -0.2) is 6.61 Å². The summed E-state index contributed by atoms with van der Waals surface area (Å²) in [6.45, 7) is 2.96. The molecular formula is C14H22ClNO. The van der Waals surface area contributed by atoms with Crippen LogP contribution in [0.15, 0.2) is 18.2 Å². The van der Waals surface area contributed by atoms with E-state index in [0.29, 0.717) is 10.7 Å². The Morgan fingerprint density at radius 1 is 1.12 bits per heavy atom. The molecule has 0 saturated carbocycles. The van der Waals surface area contributed by atoms with Gasteiger partial charge in [-0.25, -0.2) is 0 Å². The van der Waals surface area contributed by atoms with Crippen molar-refractivity contribution in [2.24, 2.45) is 0 Å². The molecule has 2 N–H and O–H groups in total. The Morgan fingerprint density at radius 2 is 1.82 bits per heavy atom. The quantitative estimate of drug-likeness (QED) is 0.542. The molecule has 3 heteroatoms. The van der Waals surface area contributed by atoms with Crippen molar-refractivity contribution >= 4 is 17.3 Å². The largest absolute Gasteiger partial charge is 0.491 e. The van der Waals surface area contributed by atoms with Gasteiger partial charge in [-0.05, 0) is 24.6 Å². The summed E-state index contributed by atoms with van der Waals surface area (Å²) in [5.74, 6) is 0.739. The number of anilines is 1. The zero-order valence-electron chi connectivity index (χ0n) is 10.5. The van der Waals surface area contributed by atoms with Gasteiger partial charge in [0.25, 0.3) is 0 Å². The molecule has 0 unspecified atom stereocenters. The summed E-state index contributed by atoms with van der Waals surface area (Å²) in [6, 6.07) is 5.35. The number of hydrogen-bond acceptors (Lipinski definition) is 2. The lowest BCUT2D eigenvalue weighted by atomic mass is 10.1. The second kappa shape index (κ2) is 8.24. The summed E-state index contributed by atoms with van der Waals surface area (Å²) in [6.07, 6.45) is 7.58. The lowest BCUT2D eigenvalue weighted by Crippen LogP contribution is -2.00. The molecular weight excluding hydrogens is 234 g/mol. The minimum atomic E-state index is 0.614. The van der Waals surface area contributed by atoms with Gasteiger partial charge in [0.15, 0.2) is 0 Å². The summed E-state index contributed by atoms with van der Waals surface area (Å²) in [4.78, 5) is 0. The lowest BCUT2D eigenvalue weighted by molar-refractivity contribution is 0.306. The summed E-state index contributed by atoms with van der Waals surface area (Å²) in [5, 5.41) is 0.648. The standard InChI is InChI=1S/C14H22ClNO/c1-2-3-4-5-6-7-10-17-14-9-8-12(15)11-13(14)16/h8-9,11H,2-7,10,16H2,1H3. The highest BCUT2D eigenvalue weighted by Gasteiger charge is 2.00. The molecule has 0 radical (unpaired) electrons. The van der Waals surface area contributed by atoms with Gasteiger partial charge in [-0.3, -0.25) is 0 Å². The van der Waals surface area contributed by atoms with Crippen LogP contribution in [0, 0.1) is 0 Å². The van der Waals surface area contributed by atoms with E-state index in [0.717, 1.165) is 18.8 Å². The van der Waals surface area contributed by atoms with E-state index in [9.17, 15) is 0 Å². The van der Waals surface area contributed by atoms with Crippen molar-refractivity contribution < 1.29 is 4.74 Å². The maximum absolute atomic E-state index is 5.81. The molecule has 0 amide bonds. The first kappa shape index (κ1) is 14.2. The van der Waals surface area contributed by atoms with Crippen LogP contribution in [0.5, 0.6) is 5.75 Å². The zero-order chi connectivity index (χ0) is 12.5. The molecule has 0 fully saturated rings. The number of ether oxygens (including phenoxy) is 1. The van der Waals surface area contributed by atoms with E-state index in [1.54, 1.807) is 12.1 Å². The van der Waals surface area contributed by atoms with Crippen LogP contribution < -0.4 is 10.5 Å². The number of halogens is 1. The van der Waals surface area contributed by atoms with Crippen LogP contribution >= 0.6 is 11.6 Å². The maximum atomic E-state index is 5.81. The first-order valence-electron chi connectivity index (χ1n) is 6.42. The minimum absolute atomic E-state index is 0.614. The van der Waals surface area contributed by atoms with E-state index in [4.69, 9.17) is 22.1 Å². The van der Waals surface area contributed by atoms with Crippen molar-refractivity contribution in [2.45, 2.75) is 45.4 Å². The molecule has 1 rings (SSSR count). The second-order valence-electron chi connectivity index (χ2n) is 4.30. The number of unbranched alkanes of at least 4 members (excludes halogenated alkanes) is 5. The molecule has 0 aliphatic rings. The van der Waals surface area contributed by atoms with Crippen LogP contribution in [0.1, 0.15) is 45.4 Å². The molecule has 0 spiro atoms. The van der Waals surface area contributed by atoms with Gasteiger partial charge in [0.05, 0.1) is 12.3 Å². The molecule has 1 aromatic carbocycles. The lowest BCUT2D eigenvalue weighted by Gasteiger charge is -2.08. The second-order valence-corrected chi connectivity index (χ2v) is 4.73. The fraction of sp³-hybridized carbons (Fsp3) is 0.571. The highest BCUT2D eigenvalue weighted by molar-refractivity contribution is 6.30. The molecule has 1 aromatic rings. The van der Waals surface area contributed by atoms with Crippen LogP contribution in [0.4, 0.5) is 5.69 Å². The molecule has 0 atom stereocenters. The third-order valence-corrected chi connectivity index (χ3v) is 2.96. The van der Waals surface area contributed by atoms with Crippen LogP contribution in [0.2, 0.25) is 5.02 Å². The van der Waals surface area contributed by atoms with Crippen molar-refractivity contribution in [2.75, 3.05) is 12.3 Å². The molecule has 96 valence electrons. The van der Waals surface area contributed by atoms with E-state index >= 15 is 0 Å². The normalized spacial score (nSPS) is 10.5. The molecule has 0 aliphatic heterocycles. The highest BCUT2D eigenvalue weighted by atomic mass is 35.5. The van der Waals surface area contributed by atoms with Crippen LogP contribution in [0.3, 0.4) is 0 Å². The Labute approximate surface area is 109 Å². The Kier molecular flexibility index (Phi) is 6.87. The third kappa shape index (κ3) is 5.83. The van der Waals surface area contributed by atoms with Gasteiger partial charge in [-0.2, -0.15) is 0 Å². The van der Waals surface area contributed by atoms with E-state index in [1.807, 2.05) is 6.07 Å². The summed E-state index contributed by atoms with van der Waals surface area (Å²) < 4.78 is 5.61. The summed E-state index contributed by atoms with van der Waals surface area (Å²) in [5.41, 5.74) is 6.41. The minimum Gasteiger partial charge on any atom is -0.491 e. The van der Waals surface area contributed by atoms with Crippen molar-refractivity contribution in [1.82, 2.24) is 0 Å². The fourth-order valence-corrected chi connectivity index (χ4v) is 1.90. The topological polar surface area (TPSA) is 35.2 Å². The molecule has 0 heterocycles. The summed E-state index contributed by atoms with van der Waals surface area (Å²) in [7, 11) is 0. The van der Waals surface area contributed by atoms with Gasteiger partial charge in [-0.1, -0.05) is 50.6 Å². The number of benzene rings is 1. The van der Waals surface area contributed by atoms with Crippen molar-refractivity contribution in [3.05, 3.63) is 23.2 Å². The zero-order valence-corrected chi connectivity index (χ0v) is 11.3. The Balaban J connectivity index is 2.14. The average molecular weight is 256 g/mol. The van der Waals surface area contributed by atoms with Gasteiger partial charge in [0.1, 0.15) is 5.75 Å². The number of nitrogen functional groups attached to an aromatic ring is 1. The Bertz CT molecular complexity index is 328. The SMILES string of the molecule is CCCCCCCCOc1ccc(Cl)cc1N. The monoisotopic (exact) mass is 255 g/mol. The van der Waals surface area contributed by atoms with Crippen LogP contribution in [0.25, 0.3) is 0 Å². The molecule has 17 heavy (non-hydrogen) atoms. The summed E-state index contributed by atoms with van der Waals surface area (Å²) >= 11 is 5.81. The third-order valence-electron chi connectivity index (χ3n) is 2.73. The van der Waals surface area contributed by atoms with E-state index in [1.165, 1.54) is 32.1 Å². The smallest absolute Gasteiger partial charge is 0.142 e. The van der Waals surface area contributed by atoms with Crippen molar-refractivity contribution in [3.63, 3.8) is 0 Å². The maximum Gasteiger partial charge on any atom is 0.142 e. The average Bonchev–Trinajstić information content (AvgIpc) is 2.30. The van der Waals surface area contributed by atoms with Crippen molar-refractivity contribution in [3.8, 4) is 5.75 Å². The predicted octanol–water partition coefficient (Wildman–Crippen LogP) is 4.66. The molecule has 0 saturated heterocycles. The number of rotatable bonds is 8. The van der Waals surface area contributed by atoms with E-state index in [2.05, 4.69) is 6.92 Å². The van der Waals surface area contributed by atoms with Crippen molar-refractivity contribution in [1.29, 1.82) is 0 Å². The molecule has 0 bridgehead atoms. The molecule has 0 aromatic heterocycles. The van der Waals surface area contributed by atoms with E-state index < -0.39 is 0 Å². The first-order chi connectivity index (χ1) is 8.24. The number of nitrogens with two attached hydrogens (primary N) is 1. The highest BCUT2D eigenvalue weighted by Crippen LogP contribution is 2.25. The van der Waals surface area contributed by atoms with Crippen LogP contribution in [-0.2, 0) is 0 Å². The predicted molar refractivity (Wildman–Crippen MR) is 74.7 cm³/mol. The molecule has 0 aliphatic carbocycles. The van der Waals surface area contributed by atoms with Gasteiger partial charge >= 0.3 is 0 Å². The van der Waals surface area contributed by atoms with Gasteiger partial charge in [-0.15, -0.1) is 0 Å². The van der Waals surface area contributed by atoms with Gasteiger partial charge < -0.3 is 10.5 Å². The Hall–Kier alpha value is -0.890. The molecule has 2 nitrogen and oxygen atoms in total. The van der Waals surface area contributed by atoms with E-state index in [-0.39, 0.29) is 0 Å². The number of hydrogen-bond donors (Lipinski definition) is 1. The van der Waals surface area contributed by atoms with Gasteiger partial charge in [0.2, 0.25) is 0 Å².